The topological polar surface area (TPSA) is 91.7 Å². The molecule has 1 amide bonds. The number of anilines is 1. The van der Waals surface area contributed by atoms with E-state index >= 15 is 0 Å². The van der Waals surface area contributed by atoms with Gasteiger partial charge in [0.15, 0.2) is 6.10 Å². The average molecular weight is 448 g/mol. The SMILES string of the molecule is COc1cc(OC)c(NC(=O)[C@@H](C)Oc2ccc(=O)n(-c3ccc(F)cc3)n2)cc1Cl. The Labute approximate surface area is 182 Å². The van der Waals surface area contributed by atoms with Crippen LogP contribution in [0, 0.1) is 5.82 Å². The second kappa shape index (κ2) is 9.48. The van der Waals surface area contributed by atoms with Gasteiger partial charge < -0.3 is 19.5 Å². The largest absolute Gasteiger partial charge is 0.495 e. The number of ether oxygens (including phenoxy) is 3. The van der Waals surface area contributed by atoms with E-state index in [-0.39, 0.29) is 5.88 Å². The molecule has 31 heavy (non-hydrogen) atoms. The molecule has 0 bridgehead atoms. The number of carbonyl (C=O) groups is 1. The second-order valence-corrected chi connectivity index (χ2v) is 6.74. The van der Waals surface area contributed by atoms with E-state index in [1.807, 2.05) is 0 Å². The summed E-state index contributed by atoms with van der Waals surface area (Å²) in [5, 5.41) is 7.05. The molecular formula is C21H19ClFN3O5. The molecule has 1 aromatic heterocycles. The summed E-state index contributed by atoms with van der Waals surface area (Å²) in [5.74, 6) is -0.159. The van der Waals surface area contributed by atoms with Crippen molar-refractivity contribution < 1.29 is 23.4 Å². The predicted molar refractivity (Wildman–Crippen MR) is 113 cm³/mol. The fourth-order valence-electron chi connectivity index (χ4n) is 2.65. The van der Waals surface area contributed by atoms with Gasteiger partial charge in [0.1, 0.15) is 17.3 Å². The summed E-state index contributed by atoms with van der Waals surface area (Å²) in [7, 11) is 2.91. The minimum atomic E-state index is -0.975. The smallest absolute Gasteiger partial charge is 0.271 e. The molecule has 1 N–H and O–H groups in total. The zero-order chi connectivity index (χ0) is 22.5. The minimum absolute atomic E-state index is 0.0336. The quantitative estimate of drug-likeness (QED) is 0.596. The van der Waals surface area contributed by atoms with Crippen LogP contribution in [0.25, 0.3) is 5.69 Å². The number of rotatable bonds is 7. The van der Waals surface area contributed by atoms with Crippen molar-refractivity contribution in [3.05, 3.63) is 69.7 Å². The van der Waals surface area contributed by atoms with Crippen molar-refractivity contribution >= 4 is 23.2 Å². The van der Waals surface area contributed by atoms with Gasteiger partial charge in [-0.05, 0) is 37.3 Å². The Morgan fingerprint density at radius 2 is 1.77 bits per heavy atom. The number of hydrogen-bond acceptors (Lipinski definition) is 6. The lowest BCUT2D eigenvalue weighted by Crippen LogP contribution is -2.31. The van der Waals surface area contributed by atoms with Crippen molar-refractivity contribution in [3.63, 3.8) is 0 Å². The van der Waals surface area contributed by atoms with Crippen LogP contribution < -0.4 is 25.1 Å². The zero-order valence-electron chi connectivity index (χ0n) is 16.9. The number of hydrogen-bond donors (Lipinski definition) is 1. The maximum absolute atomic E-state index is 13.1. The number of aromatic nitrogens is 2. The first kappa shape index (κ1) is 22.1. The van der Waals surface area contributed by atoms with Gasteiger partial charge in [0.05, 0.1) is 30.6 Å². The van der Waals surface area contributed by atoms with E-state index in [0.717, 1.165) is 4.68 Å². The number of methoxy groups -OCH3 is 2. The van der Waals surface area contributed by atoms with Gasteiger partial charge in [-0.1, -0.05) is 11.6 Å². The van der Waals surface area contributed by atoms with Crippen LogP contribution in [0.5, 0.6) is 17.4 Å². The normalized spacial score (nSPS) is 11.5. The minimum Gasteiger partial charge on any atom is -0.495 e. The van der Waals surface area contributed by atoms with Gasteiger partial charge in [-0.15, -0.1) is 5.10 Å². The number of carbonyl (C=O) groups excluding carboxylic acids is 1. The summed E-state index contributed by atoms with van der Waals surface area (Å²) in [6.45, 7) is 1.52. The Hall–Kier alpha value is -3.59. The monoisotopic (exact) mass is 447 g/mol. The Kier molecular flexibility index (Phi) is 6.76. The van der Waals surface area contributed by atoms with Gasteiger partial charge in [-0.2, -0.15) is 4.68 Å². The predicted octanol–water partition coefficient (Wildman–Crippen LogP) is 3.45. The van der Waals surface area contributed by atoms with Gasteiger partial charge in [0, 0.05) is 18.2 Å². The van der Waals surface area contributed by atoms with Gasteiger partial charge in [0.2, 0.25) is 5.88 Å². The van der Waals surface area contributed by atoms with E-state index in [9.17, 15) is 14.0 Å². The molecule has 0 fully saturated rings. The molecule has 3 aromatic rings. The van der Waals surface area contributed by atoms with E-state index in [1.165, 1.54) is 63.6 Å². The van der Waals surface area contributed by atoms with Crippen LogP contribution in [0.1, 0.15) is 6.92 Å². The summed E-state index contributed by atoms with van der Waals surface area (Å²) in [4.78, 5) is 24.7. The number of halogens is 2. The van der Waals surface area contributed by atoms with Gasteiger partial charge in [0.25, 0.3) is 11.5 Å². The van der Waals surface area contributed by atoms with E-state index in [4.69, 9.17) is 25.8 Å². The molecule has 0 unspecified atom stereocenters. The molecule has 3 rings (SSSR count). The third kappa shape index (κ3) is 5.13. The highest BCUT2D eigenvalue weighted by atomic mass is 35.5. The Bertz CT molecular complexity index is 1150. The Balaban J connectivity index is 1.77. The van der Waals surface area contributed by atoms with Crippen molar-refractivity contribution in [2.24, 2.45) is 0 Å². The molecule has 0 radical (unpaired) electrons. The summed E-state index contributed by atoms with van der Waals surface area (Å²) in [5.41, 5.74) is 0.248. The van der Waals surface area contributed by atoms with Gasteiger partial charge >= 0.3 is 0 Å². The molecule has 10 heteroatoms. The second-order valence-electron chi connectivity index (χ2n) is 6.33. The Morgan fingerprint density at radius 1 is 1.10 bits per heavy atom. The van der Waals surface area contributed by atoms with Crippen molar-refractivity contribution in [2.45, 2.75) is 13.0 Å². The van der Waals surface area contributed by atoms with E-state index < -0.39 is 23.4 Å². The molecule has 0 aliphatic carbocycles. The van der Waals surface area contributed by atoms with Crippen LogP contribution in [-0.2, 0) is 4.79 Å². The van der Waals surface area contributed by atoms with Crippen molar-refractivity contribution in [3.8, 4) is 23.1 Å². The molecule has 0 saturated heterocycles. The molecule has 1 heterocycles. The lowest BCUT2D eigenvalue weighted by atomic mass is 10.2. The number of nitrogens with zero attached hydrogens (tertiary/aromatic N) is 2. The first-order chi connectivity index (χ1) is 14.8. The fourth-order valence-corrected chi connectivity index (χ4v) is 2.89. The third-order valence-electron chi connectivity index (χ3n) is 4.25. The van der Waals surface area contributed by atoms with Crippen LogP contribution >= 0.6 is 11.6 Å². The van der Waals surface area contributed by atoms with Gasteiger partial charge in [-0.3, -0.25) is 9.59 Å². The average Bonchev–Trinajstić information content (AvgIpc) is 2.76. The molecule has 162 valence electrons. The number of amides is 1. The summed E-state index contributed by atoms with van der Waals surface area (Å²) in [6.07, 6.45) is -0.975. The molecule has 8 nitrogen and oxygen atoms in total. The molecule has 0 aliphatic rings. The summed E-state index contributed by atoms with van der Waals surface area (Å²) >= 11 is 6.12. The molecular weight excluding hydrogens is 429 g/mol. The van der Waals surface area contributed by atoms with Crippen molar-refractivity contribution in [1.82, 2.24) is 9.78 Å². The lowest BCUT2D eigenvalue weighted by molar-refractivity contribution is -0.122. The van der Waals surface area contributed by atoms with Crippen molar-refractivity contribution in [1.29, 1.82) is 0 Å². The molecule has 1 atom stereocenters. The Morgan fingerprint density at radius 3 is 2.42 bits per heavy atom. The zero-order valence-corrected chi connectivity index (χ0v) is 17.6. The summed E-state index contributed by atoms with van der Waals surface area (Å²) in [6, 6.07) is 10.9. The van der Waals surface area contributed by atoms with Crippen LogP contribution in [-0.4, -0.2) is 36.0 Å². The highest BCUT2D eigenvalue weighted by Gasteiger charge is 2.19. The fraction of sp³-hybridized carbons (Fsp3) is 0.190. The first-order valence-corrected chi connectivity index (χ1v) is 9.45. The van der Waals surface area contributed by atoms with Crippen molar-refractivity contribution in [2.75, 3.05) is 19.5 Å². The third-order valence-corrected chi connectivity index (χ3v) is 4.54. The lowest BCUT2D eigenvalue weighted by Gasteiger charge is -2.17. The highest BCUT2D eigenvalue weighted by molar-refractivity contribution is 6.32. The maximum Gasteiger partial charge on any atom is 0.271 e. The van der Waals surface area contributed by atoms with Gasteiger partial charge in [-0.25, -0.2) is 4.39 Å². The van der Waals surface area contributed by atoms with Crippen LogP contribution in [0.3, 0.4) is 0 Å². The number of nitrogens with one attached hydrogen (secondary N) is 1. The highest BCUT2D eigenvalue weighted by Crippen LogP contribution is 2.36. The van der Waals surface area contributed by atoms with E-state index in [0.29, 0.717) is 27.9 Å². The van der Waals surface area contributed by atoms with E-state index in [2.05, 4.69) is 10.4 Å². The maximum atomic E-state index is 13.1. The molecule has 0 spiro atoms. The van der Waals surface area contributed by atoms with Crippen LogP contribution in [0.4, 0.5) is 10.1 Å². The van der Waals surface area contributed by atoms with Crippen LogP contribution in [0.2, 0.25) is 5.02 Å². The van der Waals surface area contributed by atoms with E-state index in [1.54, 1.807) is 6.07 Å². The molecule has 0 aliphatic heterocycles. The molecule has 2 aromatic carbocycles. The van der Waals surface area contributed by atoms with Crippen LogP contribution in [0.15, 0.2) is 53.3 Å². The standard InChI is InChI=1S/C21H19ClFN3O5/c1-12(21(28)24-16-10-15(22)17(29-2)11-18(16)30-3)31-19-8-9-20(27)26(25-19)14-6-4-13(23)5-7-14/h4-12H,1-3H3,(H,24,28)/t12-/m1/s1. The first-order valence-electron chi connectivity index (χ1n) is 9.07. The molecule has 0 saturated carbocycles. The number of benzene rings is 2. The summed E-state index contributed by atoms with van der Waals surface area (Å²) < 4.78 is 30.2.